The molecular weight excluding hydrogens is 332 g/mol. The second-order valence-electron chi connectivity index (χ2n) is 6.45. The molecule has 0 atom stereocenters. The molecule has 0 bridgehead atoms. The molecule has 1 fully saturated rings. The van der Waals surface area contributed by atoms with Gasteiger partial charge in [-0.25, -0.2) is 0 Å². The Morgan fingerprint density at radius 1 is 1.28 bits per heavy atom. The van der Waals surface area contributed by atoms with Crippen LogP contribution in [0.15, 0.2) is 35.4 Å². The van der Waals surface area contributed by atoms with E-state index in [1.807, 2.05) is 36.0 Å². The number of hydrogen-bond donors (Lipinski definition) is 1. The third kappa shape index (κ3) is 3.19. The number of benzene rings is 1. The van der Waals surface area contributed by atoms with Crippen molar-refractivity contribution in [2.75, 3.05) is 0 Å². The quantitative estimate of drug-likeness (QED) is 0.564. The summed E-state index contributed by atoms with van der Waals surface area (Å²) in [6.07, 6.45) is 4.15. The molecule has 1 saturated carbocycles. The van der Waals surface area contributed by atoms with Gasteiger partial charge in [-0.15, -0.1) is 0 Å². The zero-order chi connectivity index (χ0) is 17.4. The van der Waals surface area contributed by atoms with Crippen molar-refractivity contribution in [3.8, 4) is 0 Å². The normalized spacial score (nSPS) is 14.5. The summed E-state index contributed by atoms with van der Waals surface area (Å²) in [5.41, 5.74) is 4.30. The molecule has 0 unspecified atom stereocenters. The number of H-pyrrole nitrogens is 1. The highest BCUT2D eigenvalue weighted by Crippen LogP contribution is 2.38. The van der Waals surface area contributed by atoms with Crippen LogP contribution >= 0.6 is 12.2 Å². The minimum Gasteiger partial charge on any atom is -0.265 e. The monoisotopic (exact) mass is 352 g/mol. The summed E-state index contributed by atoms with van der Waals surface area (Å²) in [6.45, 7) is 4.83. The van der Waals surface area contributed by atoms with Crippen LogP contribution in [0.3, 0.4) is 0 Å². The second-order valence-corrected chi connectivity index (χ2v) is 6.83. The lowest BCUT2D eigenvalue weighted by Gasteiger charge is -2.04. The fourth-order valence-electron chi connectivity index (χ4n) is 2.94. The number of rotatable bonds is 5. The van der Waals surface area contributed by atoms with Crippen molar-refractivity contribution in [3.63, 3.8) is 0 Å². The number of aromatic nitrogens is 5. The van der Waals surface area contributed by atoms with Gasteiger partial charge in [-0.1, -0.05) is 30.3 Å². The van der Waals surface area contributed by atoms with E-state index in [0.29, 0.717) is 10.7 Å². The second kappa shape index (κ2) is 6.40. The molecular formula is C18H20N6S. The van der Waals surface area contributed by atoms with Crippen molar-refractivity contribution >= 4 is 18.4 Å². The molecule has 1 aromatic carbocycles. The topological polar surface area (TPSA) is 63.8 Å². The van der Waals surface area contributed by atoms with E-state index < -0.39 is 0 Å². The summed E-state index contributed by atoms with van der Waals surface area (Å²) in [5.74, 6) is 1.40. The summed E-state index contributed by atoms with van der Waals surface area (Å²) in [4.78, 5) is 0. The molecule has 128 valence electrons. The predicted molar refractivity (Wildman–Crippen MR) is 99.6 cm³/mol. The van der Waals surface area contributed by atoms with E-state index in [2.05, 4.69) is 39.5 Å². The van der Waals surface area contributed by atoms with Crippen LogP contribution in [0.5, 0.6) is 0 Å². The van der Waals surface area contributed by atoms with Crippen LogP contribution in [0.25, 0.3) is 0 Å². The Balaban J connectivity index is 1.63. The van der Waals surface area contributed by atoms with Gasteiger partial charge in [0.2, 0.25) is 4.77 Å². The molecule has 25 heavy (non-hydrogen) atoms. The lowest BCUT2D eigenvalue weighted by Crippen LogP contribution is -2.04. The van der Waals surface area contributed by atoms with Gasteiger partial charge in [-0.3, -0.25) is 9.78 Å². The lowest BCUT2D eigenvalue weighted by atomic mass is 10.2. The average molecular weight is 352 g/mol. The van der Waals surface area contributed by atoms with Crippen LogP contribution in [0.2, 0.25) is 0 Å². The highest BCUT2D eigenvalue weighted by molar-refractivity contribution is 7.71. The Morgan fingerprint density at radius 2 is 2.04 bits per heavy atom. The number of hydrogen-bond acceptors (Lipinski definition) is 4. The van der Waals surface area contributed by atoms with Crippen LogP contribution in [0.1, 0.15) is 47.1 Å². The average Bonchev–Trinajstić information content (AvgIpc) is 3.34. The van der Waals surface area contributed by atoms with Gasteiger partial charge in [0, 0.05) is 17.2 Å². The first-order valence-corrected chi connectivity index (χ1v) is 8.84. The van der Waals surface area contributed by atoms with Gasteiger partial charge in [0.15, 0.2) is 5.82 Å². The van der Waals surface area contributed by atoms with E-state index in [4.69, 9.17) is 12.2 Å². The standard InChI is InChI=1S/C18H20N6S/c1-12-16(10-19-24-17(15-8-9-15)20-21-18(24)25)13(2)23(22-12)11-14-6-4-3-5-7-14/h3-7,10,15H,8-9,11H2,1-2H3,(H,21,25)/b19-10+. The van der Waals surface area contributed by atoms with E-state index in [1.54, 1.807) is 4.68 Å². The van der Waals surface area contributed by atoms with Crippen LogP contribution in [-0.2, 0) is 6.54 Å². The number of nitrogens with one attached hydrogen (secondary N) is 1. The van der Waals surface area contributed by atoms with Crippen molar-refractivity contribution in [3.05, 3.63) is 63.4 Å². The molecule has 3 aromatic rings. The molecule has 0 radical (unpaired) electrons. The van der Waals surface area contributed by atoms with E-state index in [-0.39, 0.29) is 0 Å². The van der Waals surface area contributed by atoms with Gasteiger partial charge in [-0.05, 0) is 44.5 Å². The van der Waals surface area contributed by atoms with Crippen molar-refractivity contribution < 1.29 is 0 Å². The molecule has 0 saturated heterocycles. The minimum absolute atomic E-state index is 0.480. The van der Waals surface area contributed by atoms with Crippen molar-refractivity contribution in [1.29, 1.82) is 0 Å². The first kappa shape index (κ1) is 16.0. The molecule has 2 aromatic heterocycles. The minimum atomic E-state index is 0.480. The number of nitrogens with zero attached hydrogens (tertiary/aromatic N) is 5. The molecule has 0 spiro atoms. The summed E-state index contributed by atoms with van der Waals surface area (Å²) < 4.78 is 4.29. The summed E-state index contributed by atoms with van der Waals surface area (Å²) in [5, 5.41) is 16.4. The van der Waals surface area contributed by atoms with E-state index in [9.17, 15) is 0 Å². The number of aromatic amines is 1. The Kier molecular flexibility index (Phi) is 4.09. The highest BCUT2D eigenvalue weighted by Gasteiger charge is 2.29. The van der Waals surface area contributed by atoms with Gasteiger partial charge in [0.05, 0.1) is 18.5 Å². The van der Waals surface area contributed by atoms with E-state index in [0.717, 1.165) is 42.2 Å². The van der Waals surface area contributed by atoms with Crippen molar-refractivity contribution in [1.82, 2.24) is 24.7 Å². The molecule has 4 rings (SSSR count). The molecule has 6 nitrogen and oxygen atoms in total. The van der Waals surface area contributed by atoms with Gasteiger partial charge in [0.1, 0.15) is 0 Å². The molecule has 7 heteroatoms. The highest BCUT2D eigenvalue weighted by atomic mass is 32.1. The third-order valence-corrected chi connectivity index (χ3v) is 4.80. The van der Waals surface area contributed by atoms with Gasteiger partial charge < -0.3 is 0 Å². The summed E-state index contributed by atoms with van der Waals surface area (Å²) in [6, 6.07) is 10.3. The third-order valence-electron chi connectivity index (χ3n) is 4.53. The van der Waals surface area contributed by atoms with Gasteiger partial charge in [0.25, 0.3) is 0 Å². The maximum atomic E-state index is 5.30. The Hall–Kier alpha value is -2.54. The van der Waals surface area contributed by atoms with Crippen molar-refractivity contribution in [2.45, 2.75) is 39.2 Å². The molecule has 0 aliphatic heterocycles. The molecule has 2 heterocycles. The Morgan fingerprint density at radius 3 is 2.76 bits per heavy atom. The van der Waals surface area contributed by atoms with Crippen LogP contribution in [0.4, 0.5) is 0 Å². The van der Waals surface area contributed by atoms with Crippen LogP contribution in [-0.4, -0.2) is 30.9 Å². The van der Waals surface area contributed by atoms with Gasteiger partial charge in [-0.2, -0.15) is 20.0 Å². The molecule has 1 aliphatic rings. The Labute approximate surface area is 151 Å². The molecule has 1 N–H and O–H groups in total. The fraction of sp³-hybridized carbons (Fsp3) is 0.333. The van der Waals surface area contributed by atoms with Crippen LogP contribution in [0, 0.1) is 18.6 Å². The van der Waals surface area contributed by atoms with Crippen molar-refractivity contribution in [2.24, 2.45) is 5.10 Å². The maximum Gasteiger partial charge on any atom is 0.216 e. The predicted octanol–water partition coefficient (Wildman–Crippen LogP) is 3.56. The molecule has 0 amide bonds. The zero-order valence-corrected chi connectivity index (χ0v) is 15.1. The fourth-order valence-corrected chi connectivity index (χ4v) is 3.13. The largest absolute Gasteiger partial charge is 0.265 e. The number of aryl methyl sites for hydroxylation is 1. The summed E-state index contributed by atoms with van der Waals surface area (Å²) in [7, 11) is 0. The smallest absolute Gasteiger partial charge is 0.216 e. The molecule has 1 aliphatic carbocycles. The van der Waals surface area contributed by atoms with Gasteiger partial charge >= 0.3 is 0 Å². The van der Waals surface area contributed by atoms with E-state index >= 15 is 0 Å². The summed E-state index contributed by atoms with van der Waals surface area (Å²) >= 11 is 5.30. The lowest BCUT2D eigenvalue weighted by molar-refractivity contribution is 0.659. The zero-order valence-electron chi connectivity index (χ0n) is 14.3. The van der Waals surface area contributed by atoms with E-state index in [1.165, 1.54) is 5.56 Å². The Bertz CT molecular complexity index is 975. The maximum absolute atomic E-state index is 5.30. The first-order chi connectivity index (χ1) is 12.1. The first-order valence-electron chi connectivity index (χ1n) is 8.43. The van der Waals surface area contributed by atoms with Crippen LogP contribution < -0.4 is 0 Å². The SMILES string of the molecule is Cc1nn(Cc2ccccc2)c(C)c1/C=N/n1c(C2CC2)n[nH]c1=S.